The molecule has 28 heavy (non-hydrogen) atoms. The van der Waals surface area contributed by atoms with Crippen molar-refractivity contribution in [2.24, 2.45) is 5.41 Å². The molecule has 0 spiro atoms. The number of halogens is 1. The molecule has 1 heterocycles. The van der Waals surface area contributed by atoms with Gasteiger partial charge in [0.15, 0.2) is 0 Å². The highest BCUT2D eigenvalue weighted by molar-refractivity contribution is 7.92. The fraction of sp³-hybridized carbons (Fsp3) is 0.350. The molecule has 0 aromatic heterocycles. The Balaban J connectivity index is 1.99. The van der Waals surface area contributed by atoms with Gasteiger partial charge < -0.3 is 9.64 Å². The van der Waals surface area contributed by atoms with Crippen LogP contribution in [-0.4, -0.2) is 27.5 Å². The molecule has 3 rings (SSSR count). The Morgan fingerprint density at radius 3 is 2.64 bits per heavy atom. The fourth-order valence-corrected chi connectivity index (χ4v) is 4.35. The number of ether oxygens (including phenoxy) is 1. The Kier molecular flexibility index (Phi) is 5.59. The number of hydrogen-bond acceptors (Lipinski definition) is 4. The first-order valence-electron chi connectivity index (χ1n) is 9.01. The Bertz CT molecular complexity index is 1010. The molecule has 1 aliphatic heterocycles. The second kappa shape index (κ2) is 7.64. The lowest BCUT2D eigenvalue weighted by Crippen LogP contribution is -2.42. The predicted molar refractivity (Wildman–Crippen MR) is 111 cm³/mol. The van der Waals surface area contributed by atoms with Crippen molar-refractivity contribution in [2.75, 3.05) is 22.8 Å². The van der Waals surface area contributed by atoms with Crippen molar-refractivity contribution in [2.45, 2.75) is 32.1 Å². The van der Waals surface area contributed by atoms with Crippen LogP contribution in [0.5, 0.6) is 5.75 Å². The van der Waals surface area contributed by atoms with Gasteiger partial charge in [0.2, 0.25) is 5.91 Å². The molecule has 1 N–H and O–H groups in total. The molecule has 2 aromatic carbocycles. The topological polar surface area (TPSA) is 75.7 Å². The largest absolute Gasteiger partial charge is 0.490 e. The van der Waals surface area contributed by atoms with Gasteiger partial charge in [-0.2, -0.15) is 0 Å². The van der Waals surface area contributed by atoms with Gasteiger partial charge in [-0.15, -0.1) is 0 Å². The molecule has 8 heteroatoms. The highest BCUT2D eigenvalue weighted by Gasteiger charge is 2.37. The quantitative estimate of drug-likeness (QED) is 0.779. The van der Waals surface area contributed by atoms with Crippen molar-refractivity contribution in [1.82, 2.24) is 0 Å². The van der Waals surface area contributed by atoms with E-state index < -0.39 is 15.4 Å². The average molecular weight is 423 g/mol. The smallest absolute Gasteiger partial charge is 0.261 e. The normalized spacial score (nSPS) is 16.1. The van der Waals surface area contributed by atoms with E-state index in [0.717, 1.165) is 6.42 Å². The van der Waals surface area contributed by atoms with Crippen molar-refractivity contribution in [3.05, 3.63) is 47.5 Å². The van der Waals surface area contributed by atoms with Crippen LogP contribution in [0.1, 0.15) is 27.2 Å². The number of carbonyl (C=O) groups excluding carboxylic acids is 1. The van der Waals surface area contributed by atoms with Gasteiger partial charge in [0.1, 0.15) is 12.4 Å². The molecule has 0 bridgehead atoms. The Hall–Kier alpha value is -2.25. The summed E-state index contributed by atoms with van der Waals surface area (Å²) in [5, 5.41) is 0.333. The molecule has 1 aliphatic rings. The molecular formula is C20H23ClN2O4S. The van der Waals surface area contributed by atoms with E-state index in [1.807, 2.05) is 20.8 Å². The second-order valence-corrected chi connectivity index (χ2v) is 9.49. The van der Waals surface area contributed by atoms with Gasteiger partial charge >= 0.3 is 0 Å². The van der Waals surface area contributed by atoms with Crippen LogP contribution < -0.4 is 14.4 Å². The molecule has 0 aliphatic carbocycles. The Morgan fingerprint density at radius 1 is 1.21 bits per heavy atom. The molecule has 150 valence electrons. The molecule has 0 fully saturated rings. The standard InChI is InChI=1S/C20H23ClN2O4S/c1-4-10-23-17-12-15(8-9-18(17)27-13-20(2,3)19(23)24)22-28(25,26)16-7-5-6-14(21)11-16/h5-9,11-12,22H,4,10,13H2,1-3H3. The maximum atomic E-state index is 13.0. The van der Waals surface area contributed by atoms with Crippen LogP contribution in [0.25, 0.3) is 0 Å². The van der Waals surface area contributed by atoms with E-state index >= 15 is 0 Å². The molecule has 1 amide bonds. The van der Waals surface area contributed by atoms with Crippen LogP contribution >= 0.6 is 11.6 Å². The lowest BCUT2D eigenvalue weighted by molar-refractivity contribution is -0.127. The van der Waals surface area contributed by atoms with Crippen molar-refractivity contribution in [3.8, 4) is 5.75 Å². The Morgan fingerprint density at radius 2 is 1.96 bits per heavy atom. The minimum Gasteiger partial charge on any atom is -0.490 e. The number of fused-ring (bicyclic) bond motifs is 1. The molecule has 0 radical (unpaired) electrons. The highest BCUT2D eigenvalue weighted by Crippen LogP contribution is 2.38. The number of anilines is 2. The highest BCUT2D eigenvalue weighted by atomic mass is 35.5. The summed E-state index contributed by atoms with van der Waals surface area (Å²) in [6.07, 6.45) is 0.764. The summed E-state index contributed by atoms with van der Waals surface area (Å²) in [4.78, 5) is 14.7. The summed E-state index contributed by atoms with van der Waals surface area (Å²) in [7, 11) is -3.82. The summed E-state index contributed by atoms with van der Waals surface area (Å²) in [6.45, 7) is 6.44. The lowest BCUT2D eigenvalue weighted by atomic mass is 9.93. The predicted octanol–water partition coefficient (Wildman–Crippen LogP) is 4.30. The second-order valence-electron chi connectivity index (χ2n) is 7.37. The number of nitrogens with one attached hydrogen (secondary N) is 1. The van der Waals surface area contributed by atoms with E-state index in [9.17, 15) is 13.2 Å². The SMILES string of the molecule is CCCN1C(=O)C(C)(C)COc2ccc(NS(=O)(=O)c3cccc(Cl)c3)cc21. The van der Waals surface area contributed by atoms with Gasteiger partial charge in [-0.05, 0) is 56.7 Å². The number of nitrogens with zero attached hydrogens (tertiary/aromatic N) is 1. The number of carbonyl (C=O) groups is 1. The third-order valence-corrected chi connectivity index (χ3v) is 6.08. The summed E-state index contributed by atoms with van der Waals surface area (Å²) >= 11 is 5.91. The zero-order chi connectivity index (χ0) is 20.5. The average Bonchev–Trinajstić information content (AvgIpc) is 2.72. The van der Waals surface area contributed by atoms with Crippen LogP contribution in [0.15, 0.2) is 47.4 Å². The summed E-state index contributed by atoms with van der Waals surface area (Å²) in [6, 6.07) is 11.0. The van der Waals surface area contributed by atoms with E-state index in [-0.39, 0.29) is 17.4 Å². The molecule has 0 atom stereocenters. The van der Waals surface area contributed by atoms with Crippen LogP contribution in [-0.2, 0) is 14.8 Å². The van der Waals surface area contributed by atoms with Gasteiger partial charge in [-0.25, -0.2) is 8.42 Å². The fourth-order valence-electron chi connectivity index (χ4n) is 3.00. The zero-order valence-electron chi connectivity index (χ0n) is 16.0. The number of hydrogen-bond donors (Lipinski definition) is 1. The summed E-state index contributed by atoms with van der Waals surface area (Å²) < 4.78 is 33.8. The van der Waals surface area contributed by atoms with Crippen LogP contribution in [0.3, 0.4) is 0 Å². The third-order valence-electron chi connectivity index (χ3n) is 4.47. The van der Waals surface area contributed by atoms with E-state index in [0.29, 0.717) is 28.7 Å². The molecular weight excluding hydrogens is 400 g/mol. The molecule has 0 saturated carbocycles. The van der Waals surface area contributed by atoms with E-state index in [1.165, 1.54) is 12.1 Å². The minimum atomic E-state index is -3.82. The van der Waals surface area contributed by atoms with Gasteiger partial charge in [-0.3, -0.25) is 9.52 Å². The van der Waals surface area contributed by atoms with E-state index in [1.54, 1.807) is 35.2 Å². The van der Waals surface area contributed by atoms with Gasteiger partial charge in [0, 0.05) is 11.6 Å². The van der Waals surface area contributed by atoms with Crippen molar-refractivity contribution >= 4 is 38.9 Å². The monoisotopic (exact) mass is 422 g/mol. The van der Waals surface area contributed by atoms with E-state index in [2.05, 4.69) is 4.72 Å². The van der Waals surface area contributed by atoms with Crippen molar-refractivity contribution in [1.29, 1.82) is 0 Å². The Labute approximate surface area is 170 Å². The third kappa shape index (κ3) is 4.10. The first-order valence-corrected chi connectivity index (χ1v) is 10.9. The lowest BCUT2D eigenvalue weighted by Gasteiger charge is -2.28. The number of sulfonamides is 1. The first-order chi connectivity index (χ1) is 13.1. The zero-order valence-corrected chi connectivity index (χ0v) is 17.6. The van der Waals surface area contributed by atoms with E-state index in [4.69, 9.17) is 16.3 Å². The van der Waals surface area contributed by atoms with Crippen LogP contribution in [0.2, 0.25) is 5.02 Å². The van der Waals surface area contributed by atoms with Gasteiger partial charge in [-0.1, -0.05) is 24.6 Å². The number of rotatable bonds is 5. The molecule has 0 saturated heterocycles. The molecule has 6 nitrogen and oxygen atoms in total. The maximum absolute atomic E-state index is 13.0. The molecule has 0 unspecified atom stereocenters. The number of benzene rings is 2. The van der Waals surface area contributed by atoms with Crippen molar-refractivity contribution < 1.29 is 17.9 Å². The van der Waals surface area contributed by atoms with Gasteiger partial charge in [0.05, 0.1) is 21.7 Å². The maximum Gasteiger partial charge on any atom is 0.261 e. The minimum absolute atomic E-state index is 0.0528. The number of amides is 1. The first kappa shape index (κ1) is 20.5. The summed E-state index contributed by atoms with van der Waals surface area (Å²) in [5.74, 6) is 0.501. The van der Waals surface area contributed by atoms with Crippen molar-refractivity contribution in [3.63, 3.8) is 0 Å². The summed E-state index contributed by atoms with van der Waals surface area (Å²) in [5.41, 5.74) is 0.230. The molecule has 2 aromatic rings. The van der Waals surface area contributed by atoms with Crippen LogP contribution in [0.4, 0.5) is 11.4 Å². The van der Waals surface area contributed by atoms with Crippen LogP contribution in [0, 0.1) is 5.41 Å². The van der Waals surface area contributed by atoms with Gasteiger partial charge in [0.25, 0.3) is 10.0 Å².